The summed E-state index contributed by atoms with van der Waals surface area (Å²) in [6, 6.07) is 14.4. The topological polar surface area (TPSA) is 54.7 Å². The van der Waals surface area contributed by atoms with Crippen LogP contribution < -0.4 is 5.73 Å². The minimum atomic E-state index is 0.163. The zero-order valence-electron chi connectivity index (χ0n) is 12.1. The average Bonchev–Trinajstić information content (AvgIpc) is 2.81. The molecule has 1 aromatic heterocycles. The number of nitrogen functional groups attached to an aromatic ring is 1. The number of aromatic amines is 1. The van der Waals surface area contributed by atoms with Crippen molar-refractivity contribution < 1.29 is 0 Å². The first-order valence-electron chi connectivity index (χ1n) is 6.80. The van der Waals surface area contributed by atoms with Gasteiger partial charge in [-0.15, -0.1) is 0 Å². The van der Waals surface area contributed by atoms with Crippen molar-refractivity contribution in [1.82, 2.24) is 10.2 Å². The van der Waals surface area contributed by atoms with Gasteiger partial charge in [-0.1, -0.05) is 45.0 Å². The van der Waals surface area contributed by atoms with Gasteiger partial charge in [-0.05, 0) is 29.2 Å². The molecule has 20 heavy (non-hydrogen) atoms. The molecule has 0 amide bonds. The Hall–Kier alpha value is -2.29. The van der Waals surface area contributed by atoms with E-state index < -0.39 is 0 Å². The largest absolute Gasteiger partial charge is 0.399 e. The van der Waals surface area contributed by atoms with Crippen molar-refractivity contribution >= 4 is 16.6 Å². The molecule has 0 bridgehead atoms. The molecule has 3 N–H and O–H groups in total. The van der Waals surface area contributed by atoms with Crippen LogP contribution in [0.2, 0.25) is 0 Å². The first kappa shape index (κ1) is 12.7. The molecule has 0 aliphatic heterocycles. The van der Waals surface area contributed by atoms with Crippen LogP contribution in [0.3, 0.4) is 0 Å². The molecule has 1 heterocycles. The Morgan fingerprint density at radius 1 is 1.00 bits per heavy atom. The Bertz CT molecular complexity index is 746. The lowest BCUT2D eigenvalue weighted by molar-refractivity contribution is 0.590. The van der Waals surface area contributed by atoms with Gasteiger partial charge in [0.15, 0.2) is 0 Å². The highest BCUT2D eigenvalue weighted by atomic mass is 15.1. The van der Waals surface area contributed by atoms with Gasteiger partial charge in [0, 0.05) is 16.6 Å². The first-order valence-corrected chi connectivity index (χ1v) is 6.80. The van der Waals surface area contributed by atoms with E-state index in [4.69, 9.17) is 5.73 Å². The lowest BCUT2D eigenvalue weighted by atomic mass is 9.86. The number of anilines is 1. The number of rotatable bonds is 1. The van der Waals surface area contributed by atoms with Crippen LogP contribution in [-0.2, 0) is 5.41 Å². The number of H-pyrrole nitrogens is 1. The van der Waals surface area contributed by atoms with Gasteiger partial charge in [-0.3, -0.25) is 5.10 Å². The fourth-order valence-corrected chi connectivity index (χ4v) is 2.38. The highest BCUT2D eigenvalue weighted by Crippen LogP contribution is 2.30. The Balaban J connectivity index is 2.09. The van der Waals surface area contributed by atoms with E-state index in [0.717, 1.165) is 27.8 Å². The van der Waals surface area contributed by atoms with Crippen LogP contribution in [0.5, 0.6) is 0 Å². The highest BCUT2D eigenvalue weighted by molar-refractivity contribution is 5.94. The molecule has 0 saturated heterocycles. The number of hydrogen-bond donors (Lipinski definition) is 2. The third-order valence-electron chi connectivity index (χ3n) is 3.61. The zero-order valence-corrected chi connectivity index (χ0v) is 12.1. The van der Waals surface area contributed by atoms with Gasteiger partial charge in [-0.25, -0.2) is 0 Å². The summed E-state index contributed by atoms with van der Waals surface area (Å²) in [4.78, 5) is 0. The summed E-state index contributed by atoms with van der Waals surface area (Å²) < 4.78 is 0. The third kappa shape index (κ3) is 2.16. The van der Waals surface area contributed by atoms with Crippen molar-refractivity contribution in [3.63, 3.8) is 0 Å². The summed E-state index contributed by atoms with van der Waals surface area (Å²) >= 11 is 0. The molecule has 0 unspecified atom stereocenters. The number of nitrogens with zero attached hydrogens (tertiary/aromatic N) is 1. The maximum absolute atomic E-state index is 5.87. The van der Waals surface area contributed by atoms with E-state index in [2.05, 4.69) is 55.2 Å². The molecular weight excluding hydrogens is 246 g/mol. The monoisotopic (exact) mass is 265 g/mol. The van der Waals surface area contributed by atoms with Crippen LogP contribution >= 0.6 is 0 Å². The molecule has 0 saturated carbocycles. The van der Waals surface area contributed by atoms with E-state index >= 15 is 0 Å². The summed E-state index contributed by atoms with van der Waals surface area (Å²) in [6.45, 7) is 6.64. The standard InChI is InChI=1S/C17H19N3/c1-17(2,3)12-6-4-11(5-7-12)16-14-10-13(18)8-9-15(14)19-20-16/h4-10H,18H2,1-3H3,(H,19,20). The average molecular weight is 265 g/mol. The quantitative estimate of drug-likeness (QED) is 0.650. The van der Waals surface area contributed by atoms with Crippen molar-refractivity contribution in [2.75, 3.05) is 5.73 Å². The Morgan fingerprint density at radius 3 is 2.35 bits per heavy atom. The number of nitrogens with one attached hydrogen (secondary N) is 1. The van der Waals surface area contributed by atoms with Crippen LogP contribution in [-0.4, -0.2) is 10.2 Å². The molecule has 3 rings (SSSR count). The Labute approximate surface area is 118 Å². The van der Waals surface area contributed by atoms with E-state index in [9.17, 15) is 0 Å². The summed E-state index contributed by atoms with van der Waals surface area (Å²) in [5.74, 6) is 0. The van der Waals surface area contributed by atoms with Gasteiger partial charge in [0.2, 0.25) is 0 Å². The molecule has 0 aliphatic rings. The number of nitrogens with two attached hydrogens (primary N) is 1. The fraction of sp³-hybridized carbons (Fsp3) is 0.235. The van der Waals surface area contributed by atoms with Crippen LogP contribution in [0.25, 0.3) is 22.2 Å². The predicted octanol–water partition coefficient (Wildman–Crippen LogP) is 4.11. The number of hydrogen-bond acceptors (Lipinski definition) is 2. The molecule has 0 aliphatic carbocycles. The van der Waals surface area contributed by atoms with E-state index in [-0.39, 0.29) is 5.41 Å². The Kier molecular flexibility index (Phi) is 2.78. The molecule has 102 valence electrons. The van der Waals surface area contributed by atoms with Gasteiger partial charge in [0.25, 0.3) is 0 Å². The van der Waals surface area contributed by atoms with Gasteiger partial charge >= 0.3 is 0 Å². The van der Waals surface area contributed by atoms with Gasteiger partial charge in [-0.2, -0.15) is 5.10 Å². The molecule has 3 nitrogen and oxygen atoms in total. The SMILES string of the molecule is CC(C)(C)c1ccc(-c2n[nH]c3ccc(N)cc23)cc1. The van der Waals surface area contributed by atoms with Crippen LogP contribution in [0.4, 0.5) is 5.69 Å². The molecule has 3 heteroatoms. The van der Waals surface area contributed by atoms with Crippen LogP contribution in [0, 0.1) is 0 Å². The smallest absolute Gasteiger partial charge is 0.1000 e. The predicted molar refractivity (Wildman–Crippen MR) is 84.6 cm³/mol. The zero-order chi connectivity index (χ0) is 14.3. The highest BCUT2D eigenvalue weighted by Gasteiger charge is 2.14. The molecule has 3 aromatic rings. The molecule has 0 atom stereocenters. The first-order chi connectivity index (χ1) is 9.45. The molecular formula is C17H19N3. The van der Waals surface area contributed by atoms with Crippen molar-refractivity contribution in [2.24, 2.45) is 0 Å². The lowest BCUT2D eigenvalue weighted by Crippen LogP contribution is -2.10. The molecule has 0 radical (unpaired) electrons. The van der Waals surface area contributed by atoms with E-state index in [0.29, 0.717) is 0 Å². The van der Waals surface area contributed by atoms with Crippen LogP contribution in [0.15, 0.2) is 42.5 Å². The number of fused-ring (bicyclic) bond motifs is 1. The normalized spacial score (nSPS) is 11.9. The molecule has 2 aromatic carbocycles. The summed E-state index contributed by atoms with van der Waals surface area (Å²) in [5, 5.41) is 8.53. The Morgan fingerprint density at radius 2 is 1.70 bits per heavy atom. The maximum Gasteiger partial charge on any atom is 0.1000 e. The van der Waals surface area contributed by atoms with E-state index in [1.807, 2.05) is 18.2 Å². The van der Waals surface area contributed by atoms with Gasteiger partial charge in [0.1, 0.15) is 0 Å². The second kappa shape index (κ2) is 4.37. The van der Waals surface area contributed by atoms with Crippen molar-refractivity contribution in [1.29, 1.82) is 0 Å². The van der Waals surface area contributed by atoms with Crippen molar-refractivity contribution in [3.8, 4) is 11.3 Å². The third-order valence-corrected chi connectivity index (χ3v) is 3.61. The van der Waals surface area contributed by atoms with E-state index in [1.54, 1.807) is 0 Å². The number of aromatic nitrogens is 2. The summed E-state index contributed by atoms with van der Waals surface area (Å²) in [7, 11) is 0. The van der Waals surface area contributed by atoms with Gasteiger partial charge < -0.3 is 5.73 Å². The summed E-state index contributed by atoms with van der Waals surface area (Å²) in [5.41, 5.74) is 11.2. The summed E-state index contributed by atoms with van der Waals surface area (Å²) in [6.07, 6.45) is 0. The van der Waals surface area contributed by atoms with Crippen molar-refractivity contribution in [2.45, 2.75) is 26.2 Å². The van der Waals surface area contributed by atoms with Crippen LogP contribution in [0.1, 0.15) is 26.3 Å². The molecule has 0 spiro atoms. The number of benzene rings is 2. The lowest BCUT2D eigenvalue weighted by Gasteiger charge is -2.18. The minimum absolute atomic E-state index is 0.163. The second-order valence-corrected chi connectivity index (χ2v) is 6.20. The molecule has 0 fully saturated rings. The fourth-order valence-electron chi connectivity index (χ4n) is 2.38. The minimum Gasteiger partial charge on any atom is -0.399 e. The van der Waals surface area contributed by atoms with Gasteiger partial charge in [0.05, 0.1) is 11.2 Å². The second-order valence-electron chi connectivity index (χ2n) is 6.20. The van der Waals surface area contributed by atoms with E-state index in [1.165, 1.54) is 5.56 Å². The maximum atomic E-state index is 5.87. The van der Waals surface area contributed by atoms with Crippen molar-refractivity contribution in [3.05, 3.63) is 48.0 Å².